The summed E-state index contributed by atoms with van der Waals surface area (Å²) >= 11 is 0. The van der Waals surface area contributed by atoms with Gasteiger partial charge in [0.15, 0.2) is 0 Å². The van der Waals surface area contributed by atoms with Crippen molar-refractivity contribution in [1.82, 2.24) is 0 Å². The van der Waals surface area contributed by atoms with E-state index in [1.165, 1.54) is 51.4 Å². The van der Waals surface area contributed by atoms with E-state index in [1.54, 1.807) is 0 Å². The Balaban J connectivity index is 1.74. The van der Waals surface area contributed by atoms with E-state index < -0.39 is 6.10 Å². The maximum Gasteiger partial charge on any atom is 0.0603 e. The van der Waals surface area contributed by atoms with Crippen LogP contribution < -0.4 is 0 Å². The van der Waals surface area contributed by atoms with E-state index in [-0.39, 0.29) is 22.9 Å². The molecule has 2 nitrogen and oxygen atoms in total. The van der Waals surface area contributed by atoms with E-state index >= 15 is 0 Å². The molecular formula is C24H42O2. The van der Waals surface area contributed by atoms with Gasteiger partial charge in [-0.1, -0.05) is 47.5 Å². The van der Waals surface area contributed by atoms with Crippen molar-refractivity contribution in [3.8, 4) is 0 Å². The zero-order valence-electron chi connectivity index (χ0n) is 18.1. The van der Waals surface area contributed by atoms with Gasteiger partial charge < -0.3 is 10.2 Å². The smallest absolute Gasteiger partial charge is 0.0603 e. The number of hydrogen-bond acceptors (Lipinski definition) is 2. The Bertz CT molecular complexity index is 583. The topological polar surface area (TPSA) is 40.5 Å². The quantitative estimate of drug-likeness (QED) is 0.687. The summed E-state index contributed by atoms with van der Waals surface area (Å²) in [5.41, 5.74) is 1.78. The number of unbranched alkanes of at least 4 members (excludes halogenated alkanes) is 1. The number of rotatable bonds is 4. The fourth-order valence-electron chi connectivity index (χ4n) is 9.40. The lowest BCUT2D eigenvalue weighted by Gasteiger charge is -2.62. The monoisotopic (exact) mass is 362 g/mol. The highest BCUT2D eigenvalue weighted by atomic mass is 16.3. The molecule has 26 heavy (non-hydrogen) atoms. The lowest BCUT2D eigenvalue weighted by atomic mass is 9.43. The second-order valence-corrected chi connectivity index (χ2v) is 11.9. The summed E-state index contributed by atoms with van der Waals surface area (Å²) in [6.45, 7) is 14.2. The normalized spacial score (nSPS) is 55.6. The minimum absolute atomic E-state index is 0.0450. The van der Waals surface area contributed by atoms with Gasteiger partial charge >= 0.3 is 0 Å². The Morgan fingerprint density at radius 2 is 1.73 bits per heavy atom. The van der Waals surface area contributed by atoms with Crippen LogP contribution in [0.5, 0.6) is 0 Å². The van der Waals surface area contributed by atoms with Crippen molar-refractivity contribution in [3.05, 3.63) is 0 Å². The van der Waals surface area contributed by atoms with Crippen molar-refractivity contribution in [2.75, 3.05) is 0 Å². The minimum Gasteiger partial charge on any atom is -0.393 e. The van der Waals surface area contributed by atoms with Gasteiger partial charge in [-0.25, -0.2) is 0 Å². The second-order valence-electron chi connectivity index (χ2n) is 11.9. The zero-order chi connectivity index (χ0) is 19.2. The van der Waals surface area contributed by atoms with Crippen molar-refractivity contribution < 1.29 is 10.2 Å². The molecule has 8 atom stereocenters. The third-order valence-electron chi connectivity index (χ3n) is 10.9. The highest BCUT2D eigenvalue weighted by Crippen LogP contribution is 2.88. The van der Waals surface area contributed by atoms with Gasteiger partial charge in [0.2, 0.25) is 0 Å². The molecule has 0 aromatic heterocycles. The van der Waals surface area contributed by atoms with Crippen molar-refractivity contribution >= 4 is 0 Å². The molecule has 4 saturated carbocycles. The van der Waals surface area contributed by atoms with Crippen LogP contribution in [-0.4, -0.2) is 22.4 Å². The molecule has 0 saturated heterocycles. The predicted molar refractivity (Wildman–Crippen MR) is 107 cm³/mol. The molecule has 0 bridgehead atoms. The number of fused-ring (bicyclic) bond motifs is 2. The number of aliphatic hydroxyl groups excluding tert-OH is 2. The average Bonchev–Trinajstić information content (AvgIpc) is 3.14. The van der Waals surface area contributed by atoms with E-state index in [0.29, 0.717) is 16.2 Å². The van der Waals surface area contributed by atoms with E-state index in [4.69, 9.17) is 0 Å². The van der Waals surface area contributed by atoms with Gasteiger partial charge in [0.05, 0.1) is 12.2 Å². The summed E-state index contributed by atoms with van der Waals surface area (Å²) < 4.78 is 0. The molecule has 0 aromatic rings. The summed E-state index contributed by atoms with van der Waals surface area (Å²) in [4.78, 5) is 0. The minimum atomic E-state index is -0.407. The molecule has 2 heteroatoms. The Morgan fingerprint density at radius 1 is 1.04 bits per heavy atom. The molecule has 0 aromatic carbocycles. The molecule has 4 rings (SSSR count). The SMILES string of the molecule is CCCCC12CC13CCC1(C)C(C(C)O)C(O)C[C@@]1(C)C3CCC2(C)C. The fourth-order valence-corrected chi connectivity index (χ4v) is 9.40. The standard InChI is InChI=1S/C24H42O2/c1-7-8-10-24-15-23(24)13-12-21(5)19(16(2)25)17(26)14-22(21,6)18(23)9-11-20(24,3)4/h16-19,25-26H,7-15H2,1-6H3/t16?,17?,18?,19?,21?,22-,23?,24?/m0/s1. The lowest BCUT2D eigenvalue weighted by molar-refractivity contribution is -0.143. The second kappa shape index (κ2) is 5.50. The third kappa shape index (κ3) is 1.97. The van der Waals surface area contributed by atoms with Crippen LogP contribution in [0.1, 0.15) is 99.3 Å². The largest absolute Gasteiger partial charge is 0.393 e. The van der Waals surface area contributed by atoms with Crippen molar-refractivity contribution in [2.24, 2.45) is 38.9 Å². The van der Waals surface area contributed by atoms with Crippen molar-refractivity contribution in [1.29, 1.82) is 0 Å². The van der Waals surface area contributed by atoms with Gasteiger partial charge in [0, 0.05) is 5.92 Å². The molecule has 1 spiro atoms. The van der Waals surface area contributed by atoms with Crippen LogP contribution in [0.25, 0.3) is 0 Å². The van der Waals surface area contributed by atoms with E-state index in [9.17, 15) is 10.2 Å². The Kier molecular flexibility index (Phi) is 4.07. The molecule has 0 amide bonds. The molecular weight excluding hydrogens is 320 g/mol. The van der Waals surface area contributed by atoms with Gasteiger partial charge in [0.1, 0.15) is 0 Å². The summed E-state index contributed by atoms with van der Waals surface area (Å²) in [6, 6.07) is 0. The number of hydrogen-bond donors (Lipinski definition) is 2. The van der Waals surface area contributed by atoms with Gasteiger partial charge in [-0.2, -0.15) is 0 Å². The van der Waals surface area contributed by atoms with E-state index in [1.807, 2.05) is 6.92 Å². The predicted octanol–water partition coefficient (Wildman–Crippen LogP) is 5.56. The lowest BCUT2D eigenvalue weighted by Crippen LogP contribution is -2.55. The molecule has 0 aliphatic heterocycles. The van der Waals surface area contributed by atoms with Crippen LogP contribution in [-0.2, 0) is 0 Å². The van der Waals surface area contributed by atoms with Crippen LogP contribution in [0, 0.1) is 38.9 Å². The Morgan fingerprint density at radius 3 is 2.35 bits per heavy atom. The first kappa shape index (κ1) is 19.2. The van der Waals surface area contributed by atoms with Crippen LogP contribution in [0.15, 0.2) is 0 Å². The van der Waals surface area contributed by atoms with Crippen molar-refractivity contribution in [2.45, 2.75) is 112 Å². The van der Waals surface area contributed by atoms with Crippen LogP contribution in [0.2, 0.25) is 0 Å². The zero-order valence-corrected chi connectivity index (χ0v) is 18.1. The maximum absolute atomic E-state index is 11.0. The van der Waals surface area contributed by atoms with Gasteiger partial charge in [-0.05, 0) is 84.9 Å². The first-order valence-electron chi connectivity index (χ1n) is 11.4. The Labute approximate surface area is 161 Å². The summed E-state index contributed by atoms with van der Waals surface area (Å²) in [5, 5.41) is 21.5. The molecule has 7 unspecified atom stereocenters. The third-order valence-corrected chi connectivity index (χ3v) is 10.9. The van der Waals surface area contributed by atoms with Crippen LogP contribution in [0.4, 0.5) is 0 Å². The molecule has 4 fully saturated rings. The molecule has 0 radical (unpaired) electrons. The van der Waals surface area contributed by atoms with Gasteiger partial charge in [-0.3, -0.25) is 0 Å². The number of aliphatic hydroxyl groups is 2. The van der Waals surface area contributed by atoms with Crippen LogP contribution in [0.3, 0.4) is 0 Å². The average molecular weight is 363 g/mol. The molecule has 0 heterocycles. The maximum atomic E-state index is 11.0. The Hall–Kier alpha value is -0.0800. The summed E-state index contributed by atoms with van der Waals surface area (Å²) in [7, 11) is 0. The molecule has 4 aliphatic rings. The molecule has 150 valence electrons. The summed E-state index contributed by atoms with van der Waals surface area (Å²) in [5.74, 6) is 0.778. The van der Waals surface area contributed by atoms with E-state index in [0.717, 1.165) is 12.3 Å². The highest BCUT2D eigenvalue weighted by molar-refractivity contribution is 5.30. The highest BCUT2D eigenvalue weighted by Gasteiger charge is 2.82. The first-order chi connectivity index (χ1) is 12.0. The molecule has 2 N–H and O–H groups in total. The van der Waals surface area contributed by atoms with E-state index in [2.05, 4.69) is 34.6 Å². The van der Waals surface area contributed by atoms with Crippen LogP contribution >= 0.6 is 0 Å². The van der Waals surface area contributed by atoms with Crippen molar-refractivity contribution in [3.63, 3.8) is 0 Å². The fraction of sp³-hybridized carbons (Fsp3) is 1.00. The van der Waals surface area contributed by atoms with Gasteiger partial charge in [0.25, 0.3) is 0 Å². The summed E-state index contributed by atoms with van der Waals surface area (Å²) in [6.07, 6.45) is 10.8. The first-order valence-corrected chi connectivity index (χ1v) is 11.4. The molecule has 4 aliphatic carbocycles. The van der Waals surface area contributed by atoms with Gasteiger partial charge in [-0.15, -0.1) is 0 Å².